The highest BCUT2D eigenvalue weighted by molar-refractivity contribution is 5.88. The van der Waals surface area contributed by atoms with Gasteiger partial charge in [-0.15, -0.1) is 0 Å². The Labute approximate surface area is 147 Å². The van der Waals surface area contributed by atoms with Crippen molar-refractivity contribution in [2.24, 2.45) is 5.73 Å². The fourth-order valence-electron chi connectivity index (χ4n) is 3.14. The summed E-state index contributed by atoms with van der Waals surface area (Å²) in [6.07, 6.45) is 3.12. The smallest absolute Gasteiger partial charge is 0.326 e. The van der Waals surface area contributed by atoms with Crippen LogP contribution in [0.2, 0.25) is 0 Å². The number of likely N-dealkylation sites (tertiary alicyclic amines) is 1. The van der Waals surface area contributed by atoms with Gasteiger partial charge in [-0.1, -0.05) is 30.3 Å². The molecule has 1 aromatic rings. The molecule has 2 rings (SSSR count). The van der Waals surface area contributed by atoms with E-state index >= 15 is 0 Å². The molecule has 0 aromatic heterocycles. The molecule has 4 N–H and O–H groups in total. The third kappa shape index (κ3) is 5.11. The molecule has 1 amide bonds. The molecule has 25 heavy (non-hydrogen) atoms. The van der Waals surface area contributed by atoms with Gasteiger partial charge in [0.15, 0.2) is 0 Å². The van der Waals surface area contributed by atoms with Gasteiger partial charge in [-0.25, -0.2) is 4.79 Å². The summed E-state index contributed by atoms with van der Waals surface area (Å²) in [5.41, 5.74) is 6.81. The molecular formula is C18H25N3O4. The zero-order valence-electron chi connectivity index (χ0n) is 14.1. The van der Waals surface area contributed by atoms with Crippen molar-refractivity contribution in [3.05, 3.63) is 35.9 Å². The van der Waals surface area contributed by atoms with Crippen LogP contribution in [-0.4, -0.2) is 59.4 Å². The summed E-state index contributed by atoms with van der Waals surface area (Å²) in [6.45, 7) is 0.418. The summed E-state index contributed by atoms with van der Waals surface area (Å²) in [4.78, 5) is 36.6. The van der Waals surface area contributed by atoms with Gasteiger partial charge in [0.2, 0.25) is 5.91 Å². The lowest BCUT2D eigenvalue weighted by molar-refractivity contribution is -0.149. The largest absolute Gasteiger partial charge is 0.480 e. The van der Waals surface area contributed by atoms with Crippen molar-refractivity contribution in [2.45, 2.75) is 43.8 Å². The Hall–Kier alpha value is -2.25. The Morgan fingerprint density at radius 2 is 2.08 bits per heavy atom. The number of carbonyl (C=O) groups is 3. The Morgan fingerprint density at radius 3 is 2.68 bits per heavy atom. The van der Waals surface area contributed by atoms with Crippen LogP contribution in [0.4, 0.5) is 0 Å². The van der Waals surface area contributed by atoms with Gasteiger partial charge in [0.05, 0.1) is 12.1 Å². The van der Waals surface area contributed by atoms with Crippen LogP contribution in [0.15, 0.2) is 30.3 Å². The molecule has 3 atom stereocenters. The predicted octanol–water partition coefficient (Wildman–Crippen LogP) is 0.179. The van der Waals surface area contributed by atoms with Gasteiger partial charge in [-0.3, -0.25) is 10.1 Å². The molecule has 0 aliphatic carbocycles. The molecule has 7 nitrogen and oxygen atoms in total. The first-order valence-electron chi connectivity index (χ1n) is 8.55. The van der Waals surface area contributed by atoms with Crippen LogP contribution in [-0.2, 0) is 20.8 Å². The third-order valence-electron chi connectivity index (χ3n) is 4.52. The van der Waals surface area contributed by atoms with E-state index in [1.165, 1.54) is 4.90 Å². The number of nitrogens with two attached hydrogens (primary N) is 1. The number of carboxylic acids is 1. The zero-order valence-corrected chi connectivity index (χ0v) is 14.1. The third-order valence-corrected chi connectivity index (χ3v) is 4.52. The van der Waals surface area contributed by atoms with E-state index in [1.807, 2.05) is 30.3 Å². The Morgan fingerprint density at radius 1 is 1.36 bits per heavy atom. The Kier molecular flexibility index (Phi) is 7.09. The highest BCUT2D eigenvalue weighted by Gasteiger charge is 2.37. The van der Waals surface area contributed by atoms with Gasteiger partial charge in [0.25, 0.3) is 0 Å². The van der Waals surface area contributed by atoms with Gasteiger partial charge in [0, 0.05) is 13.1 Å². The van der Waals surface area contributed by atoms with Gasteiger partial charge >= 0.3 is 5.97 Å². The number of carbonyl (C=O) groups excluding carboxylic acids is 2. The average molecular weight is 347 g/mol. The molecular weight excluding hydrogens is 322 g/mol. The Bertz CT molecular complexity index is 593. The van der Waals surface area contributed by atoms with Gasteiger partial charge < -0.3 is 20.5 Å². The Balaban J connectivity index is 1.95. The number of rotatable bonds is 9. The van der Waals surface area contributed by atoms with Gasteiger partial charge in [-0.2, -0.15) is 0 Å². The first-order chi connectivity index (χ1) is 12.1. The number of aldehydes is 1. The fraction of sp³-hybridized carbons (Fsp3) is 0.500. The molecule has 1 aromatic carbocycles. The second-order valence-electron chi connectivity index (χ2n) is 6.25. The molecule has 1 aliphatic heterocycles. The first-order valence-corrected chi connectivity index (χ1v) is 8.55. The quantitative estimate of drug-likeness (QED) is 0.549. The van der Waals surface area contributed by atoms with Crippen LogP contribution < -0.4 is 11.1 Å². The van der Waals surface area contributed by atoms with E-state index in [0.29, 0.717) is 32.2 Å². The molecule has 1 heterocycles. The highest BCUT2D eigenvalue weighted by atomic mass is 16.4. The second kappa shape index (κ2) is 9.29. The minimum Gasteiger partial charge on any atom is -0.480 e. The number of hydrogen-bond donors (Lipinski definition) is 3. The van der Waals surface area contributed by atoms with Crippen molar-refractivity contribution in [3.8, 4) is 0 Å². The van der Waals surface area contributed by atoms with Crippen LogP contribution >= 0.6 is 0 Å². The number of amides is 1. The van der Waals surface area contributed by atoms with Crippen LogP contribution in [0.3, 0.4) is 0 Å². The van der Waals surface area contributed by atoms with Crippen molar-refractivity contribution in [1.82, 2.24) is 10.2 Å². The van der Waals surface area contributed by atoms with E-state index in [9.17, 15) is 19.5 Å². The summed E-state index contributed by atoms with van der Waals surface area (Å²) in [6, 6.07) is 7.69. The zero-order chi connectivity index (χ0) is 18.2. The SMILES string of the molecule is NC[C@@H](N[C@H](C=O)CCc1ccccc1)C(=O)N1CCCC1C(=O)O. The number of nitrogens with one attached hydrogen (secondary N) is 1. The molecule has 1 saturated heterocycles. The van der Waals surface area contributed by atoms with Crippen LogP contribution in [0.1, 0.15) is 24.8 Å². The summed E-state index contributed by atoms with van der Waals surface area (Å²) in [5.74, 6) is -1.35. The summed E-state index contributed by atoms with van der Waals surface area (Å²) in [7, 11) is 0. The number of aliphatic carboxylic acids is 1. The molecule has 0 spiro atoms. The van der Waals surface area contributed by atoms with E-state index in [0.717, 1.165) is 11.8 Å². The standard InChI is InChI=1S/C18H25N3O4/c19-11-15(17(23)21-10-4-7-16(21)18(24)25)20-14(12-22)9-8-13-5-2-1-3-6-13/h1-3,5-6,12,14-16,20H,4,7-11,19H2,(H,24,25)/t14-,15+,16?/m0/s1. The highest BCUT2D eigenvalue weighted by Crippen LogP contribution is 2.18. The van der Waals surface area contributed by atoms with E-state index < -0.39 is 24.1 Å². The normalized spacial score (nSPS) is 19.4. The second-order valence-corrected chi connectivity index (χ2v) is 6.25. The van der Waals surface area contributed by atoms with E-state index in [2.05, 4.69) is 5.32 Å². The van der Waals surface area contributed by atoms with Crippen molar-refractivity contribution in [1.29, 1.82) is 0 Å². The van der Waals surface area contributed by atoms with Crippen LogP contribution in [0, 0.1) is 0 Å². The lowest BCUT2D eigenvalue weighted by Gasteiger charge is -2.28. The first kappa shape index (κ1) is 19.1. The molecule has 1 unspecified atom stereocenters. The van der Waals surface area contributed by atoms with Crippen molar-refractivity contribution < 1.29 is 19.5 Å². The number of aryl methyl sites for hydroxylation is 1. The van der Waals surface area contributed by atoms with Crippen molar-refractivity contribution in [2.75, 3.05) is 13.1 Å². The lowest BCUT2D eigenvalue weighted by atomic mass is 10.0. The maximum atomic E-state index is 12.6. The topological polar surface area (TPSA) is 113 Å². The fourth-order valence-corrected chi connectivity index (χ4v) is 3.14. The molecule has 136 valence electrons. The predicted molar refractivity (Wildman–Crippen MR) is 93.0 cm³/mol. The van der Waals surface area contributed by atoms with E-state index in [1.54, 1.807) is 0 Å². The number of benzene rings is 1. The van der Waals surface area contributed by atoms with Gasteiger partial charge in [-0.05, 0) is 31.2 Å². The summed E-state index contributed by atoms with van der Waals surface area (Å²) < 4.78 is 0. The van der Waals surface area contributed by atoms with Crippen molar-refractivity contribution in [3.63, 3.8) is 0 Å². The molecule has 0 bridgehead atoms. The number of nitrogens with zero attached hydrogens (tertiary/aromatic N) is 1. The average Bonchev–Trinajstić information content (AvgIpc) is 3.12. The number of carboxylic acid groups (broad SMARTS) is 1. The minimum absolute atomic E-state index is 0.0113. The van der Waals surface area contributed by atoms with E-state index in [4.69, 9.17) is 5.73 Å². The number of hydrogen-bond acceptors (Lipinski definition) is 5. The minimum atomic E-state index is -1.00. The van der Waals surface area contributed by atoms with Crippen LogP contribution in [0.25, 0.3) is 0 Å². The van der Waals surface area contributed by atoms with Crippen molar-refractivity contribution >= 4 is 18.2 Å². The monoisotopic (exact) mass is 347 g/mol. The molecule has 0 radical (unpaired) electrons. The van der Waals surface area contributed by atoms with E-state index in [-0.39, 0.29) is 12.5 Å². The summed E-state index contributed by atoms with van der Waals surface area (Å²) >= 11 is 0. The molecule has 0 saturated carbocycles. The molecule has 1 aliphatic rings. The lowest BCUT2D eigenvalue weighted by Crippen LogP contribution is -2.55. The maximum absolute atomic E-state index is 12.6. The molecule has 1 fully saturated rings. The maximum Gasteiger partial charge on any atom is 0.326 e. The van der Waals surface area contributed by atoms with Crippen LogP contribution in [0.5, 0.6) is 0 Å². The molecule has 7 heteroatoms. The van der Waals surface area contributed by atoms with Gasteiger partial charge in [0.1, 0.15) is 12.3 Å². The summed E-state index contributed by atoms with van der Waals surface area (Å²) in [5, 5.41) is 12.2.